The summed E-state index contributed by atoms with van der Waals surface area (Å²) in [5, 5.41) is 14.9. The summed E-state index contributed by atoms with van der Waals surface area (Å²) < 4.78 is 67.0. The Kier molecular flexibility index (Phi) is 9.11. The van der Waals surface area contributed by atoms with Crippen molar-refractivity contribution in [3.8, 4) is 28.3 Å². The van der Waals surface area contributed by atoms with Gasteiger partial charge in [0.05, 0.1) is 5.69 Å². The van der Waals surface area contributed by atoms with Crippen molar-refractivity contribution < 1.29 is 25.8 Å². The Morgan fingerprint density at radius 2 is 0.873 bits per heavy atom. The number of hydrogen-bond acceptors (Lipinski definition) is 6. The number of thiophene rings is 1. The van der Waals surface area contributed by atoms with Gasteiger partial charge in [0, 0.05) is 55.0 Å². The topological polar surface area (TPSA) is 69.2 Å². The van der Waals surface area contributed by atoms with Crippen LogP contribution >= 0.6 is 11.3 Å². The lowest BCUT2D eigenvalue weighted by atomic mass is 9.94. The van der Waals surface area contributed by atoms with E-state index in [1.54, 1.807) is 6.07 Å². The maximum atomic E-state index is 12.6. The molecule has 3 aromatic heterocycles. The van der Waals surface area contributed by atoms with Crippen molar-refractivity contribution in [1.82, 2.24) is 9.97 Å². The van der Waals surface area contributed by atoms with E-state index in [-0.39, 0.29) is 0 Å². The third-order valence-corrected chi connectivity index (χ3v) is 13.8. The molecule has 0 unspecified atom stereocenters. The zero-order chi connectivity index (χ0) is 42.9. The molecule has 0 N–H and O–H groups in total. The third-order valence-electron chi connectivity index (χ3n) is 11.6. The molecule has 0 saturated carbocycles. The van der Waals surface area contributed by atoms with Crippen LogP contribution in [0.3, 0.4) is 0 Å². The lowest BCUT2D eigenvalue weighted by Crippen LogP contribution is -2.28. The monoisotopic (exact) mass is 864 g/mol. The Labute approximate surface area is 362 Å². The first-order valence-corrected chi connectivity index (χ1v) is 22.3. The number of fused-ring (bicyclic) bond motifs is 15. The van der Waals surface area contributed by atoms with E-state index in [1.807, 2.05) is 53.8 Å². The molecule has 0 saturated heterocycles. The first kappa shape index (κ1) is 38.5. The number of alkyl halides is 3. The fourth-order valence-corrected chi connectivity index (χ4v) is 10.4. The molecule has 0 atom stereocenters. The molecule has 0 amide bonds. The molecular formula is C53H31F3N2O3S2. The van der Waals surface area contributed by atoms with Crippen LogP contribution in [0.2, 0.25) is 0 Å². The Balaban J connectivity index is 0.000000151. The van der Waals surface area contributed by atoms with Crippen molar-refractivity contribution in [1.29, 1.82) is 0 Å². The number of benzene rings is 9. The van der Waals surface area contributed by atoms with Gasteiger partial charge < -0.3 is 4.18 Å². The van der Waals surface area contributed by atoms with Crippen LogP contribution in [0.1, 0.15) is 0 Å². The van der Waals surface area contributed by atoms with E-state index in [1.165, 1.54) is 75.9 Å². The minimum absolute atomic E-state index is 0.557. The van der Waals surface area contributed by atoms with E-state index in [2.05, 4.69) is 137 Å². The van der Waals surface area contributed by atoms with Crippen LogP contribution < -0.4 is 4.18 Å². The number of nitrogens with zero attached hydrogens (tertiary/aromatic N) is 2. The standard InChI is InChI=1S/C35H21NS.C18H10F3NO3S/c1-3-13-27-25(11-1)26-12-2-4-14-28(26)32-21-36-33(20-31(27)32)23-10-7-9-22(19-23)24-16-8-17-30-29-15-5-6-18-34(29)37-35(24)30;19-18(20,21)26(23,24)25-17-9-15-13-7-3-1-5-11(13)12-6-2-4-8-14(12)16(15)10-22-17/h1-21H;1-10H. The van der Waals surface area contributed by atoms with Crippen molar-refractivity contribution in [3.05, 3.63) is 188 Å². The molecule has 304 valence electrons. The smallest absolute Gasteiger partial charge is 0.355 e. The van der Waals surface area contributed by atoms with Crippen molar-refractivity contribution in [2.24, 2.45) is 0 Å². The quantitative estimate of drug-likeness (QED) is 0.100. The van der Waals surface area contributed by atoms with Crippen LogP contribution in [0.5, 0.6) is 5.88 Å². The number of aromatic nitrogens is 2. The molecule has 0 spiro atoms. The van der Waals surface area contributed by atoms with Crippen molar-refractivity contribution in [3.63, 3.8) is 0 Å². The molecule has 5 nitrogen and oxygen atoms in total. The summed E-state index contributed by atoms with van der Waals surface area (Å²) in [4.78, 5) is 8.73. The molecule has 12 rings (SSSR count). The van der Waals surface area contributed by atoms with Gasteiger partial charge in [-0.3, -0.25) is 4.98 Å². The van der Waals surface area contributed by atoms with E-state index < -0.39 is 21.5 Å². The van der Waals surface area contributed by atoms with Gasteiger partial charge in [0.2, 0.25) is 5.88 Å². The fourth-order valence-electron chi connectivity index (χ4n) is 8.76. The van der Waals surface area contributed by atoms with E-state index in [0.717, 1.165) is 32.8 Å². The first-order valence-electron chi connectivity index (χ1n) is 20.0. The first-order chi connectivity index (χ1) is 30.6. The highest BCUT2D eigenvalue weighted by Gasteiger charge is 2.49. The number of hydrogen-bond donors (Lipinski definition) is 0. The summed E-state index contributed by atoms with van der Waals surface area (Å²) in [5.74, 6) is -0.629. The zero-order valence-electron chi connectivity index (χ0n) is 33.0. The predicted molar refractivity (Wildman–Crippen MR) is 253 cm³/mol. The van der Waals surface area contributed by atoms with Gasteiger partial charge in [-0.2, -0.15) is 21.6 Å². The summed E-state index contributed by atoms with van der Waals surface area (Å²) in [7, 11) is -5.78. The molecule has 63 heavy (non-hydrogen) atoms. The third kappa shape index (κ3) is 6.57. The molecule has 0 aliphatic rings. The summed E-state index contributed by atoms with van der Waals surface area (Å²) in [6.45, 7) is 0. The molecule has 9 aromatic carbocycles. The summed E-state index contributed by atoms with van der Waals surface area (Å²) in [6.07, 6.45) is 3.38. The average molecular weight is 865 g/mol. The summed E-state index contributed by atoms with van der Waals surface area (Å²) in [6, 6.07) is 59.9. The van der Waals surface area contributed by atoms with E-state index in [9.17, 15) is 21.6 Å². The van der Waals surface area contributed by atoms with Gasteiger partial charge >= 0.3 is 15.6 Å². The average Bonchev–Trinajstić information content (AvgIpc) is 3.70. The second-order valence-electron chi connectivity index (χ2n) is 15.2. The maximum absolute atomic E-state index is 12.6. The molecule has 0 aliphatic carbocycles. The summed E-state index contributed by atoms with van der Waals surface area (Å²) >= 11 is 1.87. The van der Waals surface area contributed by atoms with Crippen LogP contribution in [0.25, 0.3) is 107 Å². The van der Waals surface area contributed by atoms with Gasteiger partial charge in [-0.25, -0.2) is 4.98 Å². The normalized spacial score (nSPS) is 12.2. The zero-order valence-corrected chi connectivity index (χ0v) is 34.6. The number of halogens is 3. The molecule has 10 heteroatoms. The second-order valence-corrected chi connectivity index (χ2v) is 17.8. The van der Waals surface area contributed by atoms with Gasteiger partial charge in [-0.1, -0.05) is 152 Å². The predicted octanol–water partition coefficient (Wildman–Crippen LogP) is 15.0. The van der Waals surface area contributed by atoms with Gasteiger partial charge in [-0.15, -0.1) is 11.3 Å². The van der Waals surface area contributed by atoms with Crippen molar-refractivity contribution in [2.45, 2.75) is 5.51 Å². The molecule has 12 aromatic rings. The van der Waals surface area contributed by atoms with Crippen molar-refractivity contribution in [2.75, 3.05) is 0 Å². The molecule has 0 aliphatic heterocycles. The number of pyridine rings is 2. The largest absolute Gasteiger partial charge is 0.534 e. The Morgan fingerprint density at radius 1 is 0.429 bits per heavy atom. The van der Waals surface area contributed by atoms with Gasteiger partial charge in [-0.05, 0) is 83.2 Å². The lowest BCUT2D eigenvalue weighted by Gasteiger charge is -2.12. The summed E-state index contributed by atoms with van der Waals surface area (Å²) in [5.41, 5.74) is -0.888. The second kappa shape index (κ2) is 14.9. The van der Waals surface area contributed by atoms with E-state index in [0.29, 0.717) is 10.8 Å². The highest BCUT2D eigenvalue weighted by molar-refractivity contribution is 7.88. The van der Waals surface area contributed by atoms with Crippen LogP contribution in [0, 0.1) is 0 Å². The SMILES string of the molecule is O=S(=O)(Oc1cc2c3ccccc3c3ccccc3c2cn1)C(F)(F)F.c1cc(-c2cc3c4ccccc4c4ccccc4c3cn2)cc(-c2cccc3c2sc2ccccc23)c1. The molecular weight excluding hydrogens is 834 g/mol. The van der Waals surface area contributed by atoms with Gasteiger partial charge in [0.25, 0.3) is 0 Å². The van der Waals surface area contributed by atoms with Crippen LogP contribution in [-0.4, -0.2) is 23.9 Å². The van der Waals surface area contributed by atoms with Crippen LogP contribution in [0.15, 0.2) is 188 Å². The Morgan fingerprint density at radius 3 is 1.44 bits per heavy atom. The van der Waals surface area contributed by atoms with E-state index in [4.69, 9.17) is 4.98 Å². The minimum Gasteiger partial charge on any atom is -0.355 e. The molecule has 0 radical (unpaired) electrons. The highest BCUT2D eigenvalue weighted by atomic mass is 32.2. The molecule has 0 fully saturated rings. The minimum atomic E-state index is -5.78. The Bertz CT molecular complexity index is 3850. The fraction of sp³-hybridized carbons (Fsp3) is 0.0189. The van der Waals surface area contributed by atoms with Crippen LogP contribution in [0.4, 0.5) is 13.2 Å². The Hall–Kier alpha value is -7.40. The van der Waals surface area contributed by atoms with Crippen LogP contribution in [-0.2, 0) is 10.1 Å². The lowest BCUT2D eigenvalue weighted by molar-refractivity contribution is -0.0501. The molecule has 0 bridgehead atoms. The van der Waals surface area contributed by atoms with Gasteiger partial charge in [0.15, 0.2) is 0 Å². The highest BCUT2D eigenvalue weighted by Crippen LogP contribution is 2.42. The maximum Gasteiger partial charge on any atom is 0.534 e. The van der Waals surface area contributed by atoms with Crippen molar-refractivity contribution >= 4 is 106 Å². The van der Waals surface area contributed by atoms with Gasteiger partial charge in [0.1, 0.15) is 0 Å². The number of rotatable bonds is 4. The van der Waals surface area contributed by atoms with E-state index >= 15 is 0 Å². The molecule has 3 heterocycles.